The van der Waals surface area contributed by atoms with Gasteiger partial charge in [-0.15, -0.1) is 0 Å². The quantitative estimate of drug-likeness (QED) is 0.691. The van der Waals surface area contributed by atoms with Gasteiger partial charge in [-0.25, -0.2) is 0 Å². The summed E-state index contributed by atoms with van der Waals surface area (Å²) < 4.78 is 0. The molecule has 0 bridgehead atoms. The van der Waals surface area contributed by atoms with Crippen LogP contribution in [0, 0.1) is 13.8 Å². The number of likely N-dealkylation sites (tertiary alicyclic amines) is 1. The van der Waals surface area contributed by atoms with Crippen molar-refractivity contribution in [2.45, 2.75) is 26.3 Å². The number of primary amides is 1. The molecule has 8 nitrogen and oxygen atoms in total. The number of nitrogens with two attached hydrogens (primary N) is 1. The van der Waals surface area contributed by atoms with Gasteiger partial charge in [-0.05, 0) is 48.2 Å². The number of hydrogen-bond acceptors (Lipinski definition) is 5. The Kier molecular flexibility index (Phi) is 6.69. The van der Waals surface area contributed by atoms with Crippen molar-refractivity contribution in [2.75, 3.05) is 20.2 Å². The minimum absolute atomic E-state index is 0.167. The number of oxime groups is 1. The maximum atomic E-state index is 13.2. The average Bonchev–Trinajstić information content (AvgIpc) is 3.16. The second-order valence-electron chi connectivity index (χ2n) is 7.52. The number of carbonyl (C=O) groups excluding carboxylic acids is 3. The van der Waals surface area contributed by atoms with Gasteiger partial charge in [-0.2, -0.15) is 0 Å². The smallest absolute Gasteiger partial charge is 0.254 e. The molecule has 3 N–H and O–H groups in total. The van der Waals surface area contributed by atoms with Gasteiger partial charge >= 0.3 is 0 Å². The van der Waals surface area contributed by atoms with Gasteiger partial charge in [0.05, 0.1) is 18.8 Å². The van der Waals surface area contributed by atoms with Crippen molar-refractivity contribution in [1.82, 2.24) is 10.2 Å². The first-order valence-corrected chi connectivity index (χ1v) is 9.94. The molecule has 0 unspecified atom stereocenters. The number of aryl methyl sites for hydroxylation is 2. The fourth-order valence-electron chi connectivity index (χ4n) is 3.85. The van der Waals surface area contributed by atoms with Crippen molar-refractivity contribution in [1.29, 1.82) is 0 Å². The molecule has 0 aliphatic carbocycles. The average molecular weight is 422 g/mol. The van der Waals surface area contributed by atoms with Crippen LogP contribution in [0.15, 0.2) is 47.6 Å². The van der Waals surface area contributed by atoms with Gasteiger partial charge in [-0.3, -0.25) is 14.4 Å². The molecule has 162 valence electrons. The molecule has 0 spiro atoms. The van der Waals surface area contributed by atoms with Crippen molar-refractivity contribution in [3.8, 4) is 11.1 Å². The highest BCUT2D eigenvalue weighted by Gasteiger charge is 2.38. The Balaban J connectivity index is 1.84. The summed E-state index contributed by atoms with van der Waals surface area (Å²) in [5.74, 6) is -1.41. The molecular formula is C23H26N4O4. The number of rotatable bonds is 6. The standard InChI is InChI=1S/C23H26N4O4/c1-14-5-4-6-15(2)21(14)16-7-9-17(10-8-16)23(30)27-13-18(26-31-3)11-19(27)22(29)25-12-20(24)28/h4-10,19H,11-13H2,1-3H3,(H2,24,28)(H,25,29)/t19-/m0/s1. The Morgan fingerprint density at radius 1 is 1.13 bits per heavy atom. The monoisotopic (exact) mass is 422 g/mol. The van der Waals surface area contributed by atoms with E-state index < -0.39 is 17.9 Å². The molecular weight excluding hydrogens is 396 g/mol. The Hall–Kier alpha value is -3.68. The highest BCUT2D eigenvalue weighted by atomic mass is 16.6. The first kappa shape index (κ1) is 22.0. The van der Waals surface area contributed by atoms with E-state index in [1.807, 2.05) is 18.2 Å². The fraction of sp³-hybridized carbons (Fsp3) is 0.304. The highest BCUT2D eigenvalue weighted by molar-refractivity contribution is 6.05. The molecule has 8 heteroatoms. The summed E-state index contributed by atoms with van der Waals surface area (Å²) >= 11 is 0. The van der Waals surface area contributed by atoms with Crippen molar-refractivity contribution in [3.05, 3.63) is 59.2 Å². The van der Waals surface area contributed by atoms with Crippen LogP contribution < -0.4 is 11.1 Å². The first-order valence-electron chi connectivity index (χ1n) is 9.94. The van der Waals surface area contributed by atoms with Crippen LogP contribution in [0.4, 0.5) is 0 Å². The Morgan fingerprint density at radius 2 is 1.77 bits per heavy atom. The van der Waals surface area contributed by atoms with E-state index in [2.05, 4.69) is 36.5 Å². The van der Waals surface area contributed by atoms with Crippen LogP contribution in [-0.4, -0.2) is 54.6 Å². The van der Waals surface area contributed by atoms with Crippen LogP contribution in [0.25, 0.3) is 11.1 Å². The molecule has 1 heterocycles. The minimum atomic E-state index is -0.793. The molecule has 0 radical (unpaired) electrons. The van der Waals surface area contributed by atoms with Crippen molar-refractivity contribution < 1.29 is 19.2 Å². The normalized spacial score (nSPS) is 16.9. The lowest BCUT2D eigenvalue weighted by molar-refractivity contribution is -0.127. The van der Waals surface area contributed by atoms with Crippen molar-refractivity contribution >= 4 is 23.4 Å². The second kappa shape index (κ2) is 9.42. The molecule has 2 aromatic rings. The van der Waals surface area contributed by atoms with Gasteiger partial charge < -0.3 is 20.8 Å². The van der Waals surface area contributed by atoms with Crippen LogP contribution in [0.2, 0.25) is 0 Å². The highest BCUT2D eigenvalue weighted by Crippen LogP contribution is 2.28. The van der Waals surface area contributed by atoms with E-state index >= 15 is 0 Å². The van der Waals surface area contributed by atoms with Gasteiger partial charge in [0.2, 0.25) is 11.8 Å². The van der Waals surface area contributed by atoms with E-state index in [9.17, 15) is 14.4 Å². The number of nitrogens with zero attached hydrogens (tertiary/aromatic N) is 2. The zero-order valence-electron chi connectivity index (χ0n) is 17.8. The number of carbonyl (C=O) groups is 3. The second-order valence-corrected chi connectivity index (χ2v) is 7.52. The number of nitrogens with one attached hydrogen (secondary N) is 1. The predicted molar refractivity (Wildman–Crippen MR) is 117 cm³/mol. The molecule has 1 fully saturated rings. The molecule has 1 aliphatic heterocycles. The van der Waals surface area contributed by atoms with Crippen LogP contribution in [-0.2, 0) is 14.4 Å². The third-order valence-corrected chi connectivity index (χ3v) is 5.28. The molecule has 2 aromatic carbocycles. The zero-order valence-corrected chi connectivity index (χ0v) is 17.8. The maximum Gasteiger partial charge on any atom is 0.254 e. The molecule has 1 saturated heterocycles. The Bertz CT molecular complexity index is 1010. The molecule has 1 aliphatic rings. The van der Waals surface area contributed by atoms with E-state index in [4.69, 9.17) is 10.6 Å². The summed E-state index contributed by atoms with van der Waals surface area (Å²) in [6, 6.07) is 12.7. The minimum Gasteiger partial charge on any atom is -0.399 e. The van der Waals surface area contributed by atoms with Crippen molar-refractivity contribution in [3.63, 3.8) is 0 Å². The van der Waals surface area contributed by atoms with Crippen LogP contribution in [0.1, 0.15) is 27.9 Å². The third kappa shape index (κ3) is 4.91. The topological polar surface area (TPSA) is 114 Å². The van der Waals surface area contributed by atoms with E-state index in [0.717, 1.165) is 22.3 Å². The molecule has 31 heavy (non-hydrogen) atoms. The van der Waals surface area contributed by atoms with E-state index in [1.165, 1.54) is 12.0 Å². The molecule has 3 rings (SSSR count). The number of benzene rings is 2. The van der Waals surface area contributed by atoms with Gasteiger partial charge in [0.15, 0.2) is 0 Å². The summed E-state index contributed by atoms with van der Waals surface area (Å²) in [5, 5.41) is 6.37. The fourth-order valence-corrected chi connectivity index (χ4v) is 3.85. The van der Waals surface area contributed by atoms with Gasteiger partial charge in [0, 0.05) is 12.0 Å². The summed E-state index contributed by atoms with van der Waals surface area (Å²) in [5.41, 5.74) is 10.6. The lowest BCUT2D eigenvalue weighted by Crippen LogP contribution is -2.47. The summed E-state index contributed by atoms with van der Waals surface area (Å²) in [6.45, 7) is 3.98. The Labute approximate surface area is 181 Å². The number of hydrogen-bond donors (Lipinski definition) is 2. The van der Waals surface area contributed by atoms with Gasteiger partial charge in [-0.1, -0.05) is 35.5 Å². The summed E-state index contributed by atoms with van der Waals surface area (Å²) in [7, 11) is 1.41. The van der Waals surface area contributed by atoms with Gasteiger partial charge in [0.25, 0.3) is 5.91 Å². The third-order valence-electron chi connectivity index (χ3n) is 5.28. The first-order chi connectivity index (χ1) is 14.8. The Morgan fingerprint density at radius 3 is 2.35 bits per heavy atom. The van der Waals surface area contributed by atoms with Crippen LogP contribution >= 0.6 is 0 Å². The van der Waals surface area contributed by atoms with Gasteiger partial charge in [0.1, 0.15) is 13.2 Å². The van der Waals surface area contributed by atoms with E-state index in [1.54, 1.807) is 12.1 Å². The lowest BCUT2D eigenvalue weighted by Gasteiger charge is -2.23. The van der Waals surface area contributed by atoms with Crippen LogP contribution in [0.3, 0.4) is 0 Å². The predicted octanol–water partition coefficient (Wildman–Crippen LogP) is 1.79. The number of amides is 3. The summed E-state index contributed by atoms with van der Waals surface area (Å²) in [6.07, 6.45) is 0.227. The van der Waals surface area contributed by atoms with Crippen LogP contribution in [0.5, 0.6) is 0 Å². The zero-order chi connectivity index (χ0) is 22.5. The lowest BCUT2D eigenvalue weighted by atomic mass is 9.95. The van der Waals surface area contributed by atoms with Crippen molar-refractivity contribution in [2.24, 2.45) is 10.9 Å². The van der Waals surface area contributed by atoms with E-state index in [0.29, 0.717) is 11.3 Å². The molecule has 3 amide bonds. The SMILES string of the molecule is CON=C1C[C@@H](C(=O)NCC(N)=O)N(C(=O)c2ccc(-c3c(C)cccc3C)cc2)C1. The molecule has 1 atom stereocenters. The maximum absolute atomic E-state index is 13.2. The molecule has 0 saturated carbocycles. The van der Waals surface area contributed by atoms with E-state index in [-0.39, 0.29) is 25.4 Å². The summed E-state index contributed by atoms with van der Waals surface area (Å²) in [4.78, 5) is 43.0. The largest absolute Gasteiger partial charge is 0.399 e. The molecule has 0 aromatic heterocycles.